The van der Waals surface area contributed by atoms with E-state index in [1.54, 1.807) is 31.2 Å². The van der Waals surface area contributed by atoms with Crippen molar-refractivity contribution in [2.75, 3.05) is 19.5 Å². The summed E-state index contributed by atoms with van der Waals surface area (Å²) in [7, 11) is 2.89. The fourth-order valence-electron chi connectivity index (χ4n) is 2.69. The normalized spacial score (nSPS) is 10.5. The smallest absolute Gasteiger partial charge is 0.280 e. The highest BCUT2D eigenvalue weighted by molar-refractivity contribution is 6.32. The number of rotatable bonds is 5. The minimum atomic E-state index is -0.694. The molecule has 0 bridgehead atoms. The monoisotopic (exact) mass is 433 g/mol. The highest BCUT2D eigenvalue weighted by Gasteiger charge is 2.19. The molecule has 0 radical (unpaired) electrons. The number of carbonyl (C=O) groups is 1. The number of amides is 1. The number of nitrogens with one attached hydrogen (secondary N) is 1. The lowest BCUT2D eigenvalue weighted by atomic mass is 10.2. The topological polar surface area (TPSA) is 82.5 Å². The van der Waals surface area contributed by atoms with Gasteiger partial charge in [-0.2, -0.15) is 5.10 Å². The van der Waals surface area contributed by atoms with E-state index in [1.165, 1.54) is 37.1 Å². The van der Waals surface area contributed by atoms with Crippen molar-refractivity contribution in [3.63, 3.8) is 0 Å². The second-order valence-electron chi connectivity index (χ2n) is 6.03. The van der Waals surface area contributed by atoms with Gasteiger partial charge < -0.3 is 14.8 Å². The van der Waals surface area contributed by atoms with Crippen molar-refractivity contribution in [1.29, 1.82) is 0 Å². The standard InChI is InChI=1S/C20H17Cl2N3O4/c1-11-8-16(26)19(24-25(11)13-6-4-12(21)5-7-13)20(27)23-15-10-17(28-2)14(22)9-18(15)29-3/h4-10H,1-3H3,(H,23,27). The van der Waals surface area contributed by atoms with Crippen molar-refractivity contribution < 1.29 is 14.3 Å². The van der Waals surface area contributed by atoms with Crippen LogP contribution in [-0.2, 0) is 0 Å². The van der Waals surface area contributed by atoms with E-state index in [1.807, 2.05) is 0 Å². The van der Waals surface area contributed by atoms with Gasteiger partial charge in [0.1, 0.15) is 11.5 Å². The molecule has 3 rings (SSSR count). The number of nitrogens with zero attached hydrogens (tertiary/aromatic N) is 2. The molecule has 0 fully saturated rings. The van der Waals surface area contributed by atoms with Gasteiger partial charge in [-0.1, -0.05) is 23.2 Å². The van der Waals surface area contributed by atoms with Gasteiger partial charge in [0.2, 0.25) is 5.43 Å². The van der Waals surface area contributed by atoms with Crippen LogP contribution in [0.25, 0.3) is 5.69 Å². The maximum Gasteiger partial charge on any atom is 0.280 e. The van der Waals surface area contributed by atoms with E-state index >= 15 is 0 Å². The Hall–Kier alpha value is -3.03. The summed E-state index contributed by atoms with van der Waals surface area (Å²) < 4.78 is 11.9. The molecule has 0 aliphatic heterocycles. The molecule has 0 atom stereocenters. The van der Waals surface area contributed by atoms with Crippen LogP contribution in [0.15, 0.2) is 47.3 Å². The third kappa shape index (κ3) is 4.36. The summed E-state index contributed by atoms with van der Waals surface area (Å²) in [4.78, 5) is 25.2. The Kier molecular flexibility index (Phi) is 6.10. The number of halogens is 2. The molecule has 7 nitrogen and oxygen atoms in total. The van der Waals surface area contributed by atoms with Crippen molar-refractivity contribution in [2.24, 2.45) is 0 Å². The van der Waals surface area contributed by atoms with Gasteiger partial charge in [0.25, 0.3) is 5.91 Å². The van der Waals surface area contributed by atoms with Crippen molar-refractivity contribution in [1.82, 2.24) is 9.78 Å². The van der Waals surface area contributed by atoms with E-state index in [0.717, 1.165) is 0 Å². The summed E-state index contributed by atoms with van der Waals surface area (Å²) in [6.45, 7) is 1.72. The number of ether oxygens (including phenoxy) is 2. The molecule has 150 valence electrons. The molecule has 0 aliphatic carbocycles. The molecule has 1 N–H and O–H groups in total. The van der Waals surface area contributed by atoms with Crippen LogP contribution < -0.4 is 20.2 Å². The number of carbonyl (C=O) groups excluding carboxylic acids is 1. The van der Waals surface area contributed by atoms with Crippen molar-refractivity contribution in [3.05, 3.63) is 74.1 Å². The molecular weight excluding hydrogens is 417 g/mol. The molecule has 0 unspecified atom stereocenters. The first-order valence-electron chi connectivity index (χ1n) is 8.44. The third-order valence-corrected chi connectivity index (χ3v) is 4.66. The Morgan fingerprint density at radius 3 is 2.31 bits per heavy atom. The SMILES string of the molecule is COc1cc(NC(=O)c2nn(-c3ccc(Cl)cc3)c(C)cc2=O)c(OC)cc1Cl. The lowest BCUT2D eigenvalue weighted by molar-refractivity contribution is 0.101. The van der Waals surface area contributed by atoms with Gasteiger partial charge in [-0.3, -0.25) is 9.59 Å². The number of methoxy groups -OCH3 is 2. The molecule has 2 aromatic carbocycles. The fraction of sp³-hybridized carbons (Fsp3) is 0.150. The van der Waals surface area contributed by atoms with E-state index in [4.69, 9.17) is 32.7 Å². The molecule has 0 aliphatic rings. The molecular formula is C20H17Cl2N3O4. The van der Waals surface area contributed by atoms with Gasteiger partial charge >= 0.3 is 0 Å². The average Bonchev–Trinajstić information content (AvgIpc) is 2.69. The number of hydrogen-bond acceptors (Lipinski definition) is 5. The van der Waals surface area contributed by atoms with Crippen molar-refractivity contribution in [2.45, 2.75) is 6.92 Å². The minimum absolute atomic E-state index is 0.276. The zero-order chi connectivity index (χ0) is 21.1. The number of aromatic nitrogens is 2. The van der Waals surface area contributed by atoms with Crippen molar-refractivity contribution >= 4 is 34.8 Å². The molecule has 0 saturated heterocycles. The van der Waals surface area contributed by atoms with Crippen LogP contribution in [0.2, 0.25) is 10.0 Å². The largest absolute Gasteiger partial charge is 0.495 e. The summed E-state index contributed by atoms with van der Waals surface area (Å²) in [5.74, 6) is -0.0344. The van der Waals surface area contributed by atoms with Crippen LogP contribution in [0.5, 0.6) is 11.5 Å². The first-order chi connectivity index (χ1) is 13.8. The minimum Gasteiger partial charge on any atom is -0.495 e. The lowest BCUT2D eigenvalue weighted by Crippen LogP contribution is -2.27. The van der Waals surface area contributed by atoms with Crippen LogP contribution in [-0.4, -0.2) is 29.9 Å². The van der Waals surface area contributed by atoms with Gasteiger partial charge in [-0.05, 0) is 31.2 Å². The quantitative estimate of drug-likeness (QED) is 0.654. The average molecular weight is 434 g/mol. The molecule has 9 heteroatoms. The van der Waals surface area contributed by atoms with Crippen LogP contribution in [0.1, 0.15) is 16.2 Å². The highest BCUT2D eigenvalue weighted by Crippen LogP contribution is 2.35. The van der Waals surface area contributed by atoms with Gasteiger partial charge in [0, 0.05) is 28.9 Å². The second kappa shape index (κ2) is 8.55. The van der Waals surface area contributed by atoms with Crippen LogP contribution >= 0.6 is 23.2 Å². The van der Waals surface area contributed by atoms with E-state index in [-0.39, 0.29) is 5.69 Å². The first kappa shape index (κ1) is 20.7. The zero-order valence-corrected chi connectivity index (χ0v) is 17.3. The molecule has 1 aromatic heterocycles. The highest BCUT2D eigenvalue weighted by atomic mass is 35.5. The second-order valence-corrected chi connectivity index (χ2v) is 6.87. The summed E-state index contributed by atoms with van der Waals surface area (Å²) in [6, 6.07) is 11.2. The summed E-state index contributed by atoms with van der Waals surface area (Å²) in [5.41, 5.74) is 0.733. The van der Waals surface area contributed by atoms with Crippen LogP contribution in [0.3, 0.4) is 0 Å². The van der Waals surface area contributed by atoms with E-state index in [2.05, 4.69) is 10.4 Å². The van der Waals surface area contributed by atoms with Gasteiger partial charge in [0.05, 0.1) is 30.6 Å². The molecule has 3 aromatic rings. The number of benzene rings is 2. The van der Waals surface area contributed by atoms with E-state index in [0.29, 0.717) is 38.6 Å². The molecule has 29 heavy (non-hydrogen) atoms. The number of hydrogen-bond donors (Lipinski definition) is 1. The van der Waals surface area contributed by atoms with Gasteiger partial charge in [0.15, 0.2) is 5.69 Å². The Labute approximate surface area is 176 Å². The Bertz CT molecular complexity index is 1130. The molecule has 1 amide bonds. The molecule has 0 saturated carbocycles. The van der Waals surface area contributed by atoms with Crippen LogP contribution in [0, 0.1) is 6.92 Å². The Morgan fingerprint density at radius 1 is 1.03 bits per heavy atom. The summed E-state index contributed by atoms with van der Waals surface area (Å²) >= 11 is 12.0. The predicted molar refractivity (Wildman–Crippen MR) is 112 cm³/mol. The predicted octanol–water partition coefficient (Wildman–Crippen LogP) is 4.12. The van der Waals surface area contributed by atoms with Gasteiger partial charge in [-0.15, -0.1) is 0 Å². The summed E-state index contributed by atoms with van der Waals surface area (Å²) in [6.07, 6.45) is 0. The van der Waals surface area contributed by atoms with Crippen molar-refractivity contribution in [3.8, 4) is 17.2 Å². The molecule has 0 spiro atoms. The number of anilines is 1. The zero-order valence-electron chi connectivity index (χ0n) is 15.8. The van der Waals surface area contributed by atoms with E-state index in [9.17, 15) is 9.59 Å². The lowest BCUT2D eigenvalue weighted by Gasteiger charge is -2.14. The Balaban J connectivity index is 2.01. The maximum absolute atomic E-state index is 12.8. The maximum atomic E-state index is 12.8. The fourth-order valence-corrected chi connectivity index (χ4v) is 3.04. The first-order valence-corrected chi connectivity index (χ1v) is 9.19. The van der Waals surface area contributed by atoms with Gasteiger partial charge in [-0.25, -0.2) is 4.68 Å². The third-order valence-electron chi connectivity index (χ3n) is 4.12. The number of aryl methyl sites for hydroxylation is 1. The van der Waals surface area contributed by atoms with Crippen LogP contribution in [0.4, 0.5) is 5.69 Å². The molecule has 1 heterocycles. The van der Waals surface area contributed by atoms with E-state index < -0.39 is 11.3 Å². The summed E-state index contributed by atoms with van der Waals surface area (Å²) in [5, 5.41) is 7.75. The Morgan fingerprint density at radius 2 is 1.69 bits per heavy atom.